The van der Waals surface area contributed by atoms with E-state index in [1.807, 2.05) is 23.9 Å². The van der Waals surface area contributed by atoms with E-state index < -0.39 is 0 Å². The van der Waals surface area contributed by atoms with Crippen molar-refractivity contribution in [3.63, 3.8) is 0 Å². The van der Waals surface area contributed by atoms with E-state index in [9.17, 15) is 0 Å². The fraction of sp³-hybridized carbons (Fsp3) is 0. The second-order valence-electron chi connectivity index (χ2n) is 14.2. The lowest BCUT2D eigenvalue weighted by molar-refractivity contribution is 0.477. The van der Waals surface area contributed by atoms with Crippen LogP contribution in [0.15, 0.2) is 222 Å². The van der Waals surface area contributed by atoms with Gasteiger partial charge in [-0.05, 0) is 108 Å². The molecule has 270 valence electrons. The summed E-state index contributed by atoms with van der Waals surface area (Å²) in [6.07, 6.45) is 0. The van der Waals surface area contributed by atoms with Gasteiger partial charge in [-0.2, -0.15) is 0 Å². The lowest BCUT2D eigenvalue weighted by Gasteiger charge is -2.34. The van der Waals surface area contributed by atoms with Crippen LogP contribution in [-0.4, -0.2) is 0 Å². The van der Waals surface area contributed by atoms with E-state index in [0.29, 0.717) is 0 Å². The maximum absolute atomic E-state index is 6.69. The minimum absolute atomic E-state index is 0.801. The van der Waals surface area contributed by atoms with Gasteiger partial charge >= 0.3 is 0 Å². The highest BCUT2D eigenvalue weighted by molar-refractivity contribution is 7.99. The Morgan fingerprint density at radius 3 is 1.77 bits per heavy atom. The van der Waals surface area contributed by atoms with E-state index in [1.54, 1.807) is 0 Å². The zero-order chi connectivity index (χ0) is 37.7. The fourth-order valence-corrected chi connectivity index (χ4v) is 9.26. The van der Waals surface area contributed by atoms with Gasteiger partial charge in [0.1, 0.15) is 0 Å². The lowest BCUT2D eigenvalue weighted by atomic mass is 10.0. The van der Waals surface area contributed by atoms with E-state index in [2.05, 4.69) is 215 Å². The van der Waals surface area contributed by atoms with Crippen LogP contribution in [0, 0.1) is 0 Å². The first-order valence-corrected chi connectivity index (χ1v) is 20.0. The number of ether oxygens (including phenoxy) is 1. The zero-order valence-corrected chi connectivity index (χ0v) is 31.7. The maximum atomic E-state index is 6.69. The minimum atomic E-state index is 0.801. The molecule has 9 aromatic carbocycles. The molecule has 5 heteroatoms. The average molecular weight is 750 g/mol. The number of benzene rings is 9. The molecule has 11 rings (SSSR count). The number of hydrogen-bond acceptors (Lipinski definition) is 5. The third-order valence-corrected chi connectivity index (χ3v) is 11.9. The quantitative estimate of drug-likeness (QED) is 0.168. The van der Waals surface area contributed by atoms with Crippen molar-refractivity contribution in [1.29, 1.82) is 0 Å². The number of hydrogen-bond donors (Lipinski definition) is 0. The summed E-state index contributed by atoms with van der Waals surface area (Å²) in [7, 11) is 0. The lowest BCUT2D eigenvalue weighted by Crippen LogP contribution is -2.17. The van der Waals surface area contributed by atoms with Crippen LogP contribution in [-0.2, 0) is 0 Å². The van der Waals surface area contributed by atoms with Crippen LogP contribution in [0.25, 0.3) is 21.9 Å². The smallest absolute Gasteiger partial charge is 0.153 e. The third-order valence-electron chi connectivity index (χ3n) is 10.8. The van der Waals surface area contributed by atoms with Crippen molar-refractivity contribution in [2.45, 2.75) is 9.79 Å². The summed E-state index contributed by atoms with van der Waals surface area (Å²) >= 11 is 1.83. The number of fused-ring (bicyclic) bond motifs is 5. The Hall–Kier alpha value is -7.21. The van der Waals surface area contributed by atoms with Crippen molar-refractivity contribution >= 4 is 73.7 Å². The van der Waals surface area contributed by atoms with Gasteiger partial charge < -0.3 is 19.4 Å². The second-order valence-corrected chi connectivity index (χ2v) is 15.3. The van der Waals surface area contributed by atoms with Gasteiger partial charge in [-0.15, -0.1) is 0 Å². The second kappa shape index (κ2) is 13.8. The maximum Gasteiger partial charge on any atom is 0.153 e. The van der Waals surface area contributed by atoms with Crippen molar-refractivity contribution in [2.24, 2.45) is 0 Å². The van der Waals surface area contributed by atoms with Gasteiger partial charge in [0.05, 0.1) is 34.1 Å². The van der Waals surface area contributed by atoms with E-state index in [-0.39, 0.29) is 0 Å². The summed E-state index contributed by atoms with van der Waals surface area (Å²) in [5.74, 6) is 1.63. The zero-order valence-electron chi connectivity index (χ0n) is 30.9. The summed E-state index contributed by atoms with van der Waals surface area (Å²) in [5.41, 5.74) is 12.2. The number of nitrogens with zero attached hydrogens (tertiary/aromatic N) is 3. The van der Waals surface area contributed by atoms with Crippen LogP contribution in [0.4, 0.5) is 51.2 Å². The highest BCUT2D eigenvalue weighted by atomic mass is 32.2. The Balaban J connectivity index is 1.00. The highest BCUT2D eigenvalue weighted by Gasteiger charge is 2.28. The summed E-state index contributed by atoms with van der Waals surface area (Å²) in [6.45, 7) is 0. The van der Waals surface area contributed by atoms with Gasteiger partial charge in [-0.3, -0.25) is 0 Å². The van der Waals surface area contributed by atoms with Crippen LogP contribution >= 0.6 is 11.8 Å². The molecule has 0 aliphatic carbocycles. The Kier molecular flexibility index (Phi) is 8.04. The summed E-state index contributed by atoms with van der Waals surface area (Å²) in [5, 5.41) is 2.36. The van der Waals surface area contributed by atoms with Crippen molar-refractivity contribution in [1.82, 2.24) is 0 Å². The van der Waals surface area contributed by atoms with Crippen LogP contribution < -0.4 is 19.4 Å². The molecule has 57 heavy (non-hydrogen) atoms. The van der Waals surface area contributed by atoms with Crippen LogP contribution in [0.5, 0.6) is 11.5 Å². The van der Waals surface area contributed by atoms with Crippen molar-refractivity contribution < 1.29 is 4.74 Å². The van der Waals surface area contributed by atoms with E-state index >= 15 is 0 Å². The van der Waals surface area contributed by atoms with Crippen LogP contribution in [0.2, 0.25) is 0 Å². The average Bonchev–Trinajstić information content (AvgIpc) is 3.28. The molecule has 2 heterocycles. The molecular weight excluding hydrogens is 715 g/mol. The first-order valence-electron chi connectivity index (χ1n) is 19.2. The van der Waals surface area contributed by atoms with E-state index in [0.717, 1.165) is 56.9 Å². The molecule has 0 fully saturated rings. The molecule has 0 spiro atoms. The molecule has 0 saturated heterocycles. The highest BCUT2D eigenvalue weighted by Crippen LogP contribution is 2.54. The molecule has 0 radical (unpaired) electrons. The molecule has 4 nitrogen and oxygen atoms in total. The SMILES string of the molecule is c1ccc(N2c3ccccc3Oc3cc(N(c4ccc(-c5ccc6c(c5)Sc5ccccc5N6c5ccccc5)cc4)c4cccc5ccccc45)ccc32)cc1. The first-order chi connectivity index (χ1) is 28.3. The molecule has 2 aliphatic rings. The molecular formula is C52H35N3OS. The van der Waals surface area contributed by atoms with Gasteiger partial charge in [0.25, 0.3) is 0 Å². The third kappa shape index (κ3) is 5.79. The molecule has 0 unspecified atom stereocenters. The van der Waals surface area contributed by atoms with Crippen LogP contribution in [0.1, 0.15) is 0 Å². The normalized spacial score (nSPS) is 12.6. The van der Waals surface area contributed by atoms with E-state index in [4.69, 9.17) is 4.74 Å². The number of anilines is 9. The van der Waals surface area contributed by atoms with Gasteiger partial charge in [-0.25, -0.2) is 0 Å². The van der Waals surface area contributed by atoms with Crippen molar-refractivity contribution in [2.75, 3.05) is 14.7 Å². The molecule has 0 N–H and O–H groups in total. The Bertz CT molecular complexity index is 2930. The molecule has 2 aliphatic heterocycles. The topological polar surface area (TPSA) is 19.0 Å². The fourth-order valence-electron chi connectivity index (χ4n) is 8.17. The van der Waals surface area contributed by atoms with Crippen molar-refractivity contribution in [3.8, 4) is 22.6 Å². The Labute approximate surface area is 336 Å². The minimum Gasteiger partial charge on any atom is -0.453 e. The summed E-state index contributed by atoms with van der Waals surface area (Å²) < 4.78 is 6.69. The molecule has 0 atom stereocenters. The van der Waals surface area contributed by atoms with Crippen molar-refractivity contribution in [3.05, 3.63) is 212 Å². The molecule has 0 saturated carbocycles. The van der Waals surface area contributed by atoms with E-state index in [1.165, 1.54) is 37.5 Å². The molecule has 9 aromatic rings. The Morgan fingerprint density at radius 2 is 0.965 bits per heavy atom. The largest absolute Gasteiger partial charge is 0.453 e. The van der Waals surface area contributed by atoms with Gasteiger partial charge in [-0.1, -0.05) is 127 Å². The predicted octanol–water partition coefficient (Wildman–Crippen LogP) is 15.5. The first kappa shape index (κ1) is 33.2. The predicted molar refractivity (Wildman–Crippen MR) is 238 cm³/mol. The molecule has 0 bridgehead atoms. The van der Waals surface area contributed by atoms with Crippen LogP contribution in [0.3, 0.4) is 0 Å². The molecule has 0 aromatic heterocycles. The monoisotopic (exact) mass is 749 g/mol. The van der Waals surface area contributed by atoms with Gasteiger partial charge in [0.2, 0.25) is 0 Å². The summed E-state index contributed by atoms with van der Waals surface area (Å²) in [4.78, 5) is 9.48. The summed E-state index contributed by atoms with van der Waals surface area (Å²) in [6, 6.07) is 75.5. The van der Waals surface area contributed by atoms with Gasteiger partial charge in [0.15, 0.2) is 11.5 Å². The van der Waals surface area contributed by atoms with Gasteiger partial charge in [0, 0.05) is 38.3 Å². The Morgan fingerprint density at radius 1 is 0.386 bits per heavy atom. The standard InChI is InChI=1S/C52H35N3OS/c1-3-16-39(17-4-1)54-45-21-9-11-24-49(45)56-50-35-42(31-33-46(50)54)53(44-23-13-15-37-14-7-8-20-43(37)44)41-29-26-36(27-30-41)38-28-32-48-52(34-38)57-51-25-12-10-22-47(51)55(48)40-18-5-2-6-19-40/h1-35H. The molecule has 0 amide bonds. The number of para-hydroxylation sites is 5. The number of rotatable bonds is 6.